The molecule has 138 valence electrons. The number of piperazine rings is 1. The average molecular weight is 348 g/mol. The highest BCUT2D eigenvalue weighted by molar-refractivity contribution is 5.47. The molecule has 1 heterocycles. The second-order valence-corrected chi connectivity index (χ2v) is 6.45. The number of amides is 1. The maximum Gasteiger partial charge on any atom is 0.211 e. The highest BCUT2D eigenvalue weighted by Gasteiger charge is 2.16. The maximum absolute atomic E-state index is 13.0. The molecule has 5 nitrogen and oxygen atoms in total. The number of hydrogen-bond acceptors (Lipinski definition) is 4. The summed E-state index contributed by atoms with van der Waals surface area (Å²) >= 11 is 0. The monoisotopic (exact) mass is 348 g/mol. The fourth-order valence-corrected chi connectivity index (χ4v) is 3.04. The van der Waals surface area contributed by atoms with E-state index in [0.717, 1.165) is 51.4 Å². The first-order valence-corrected chi connectivity index (χ1v) is 8.98. The first-order chi connectivity index (χ1) is 12.2. The number of halogens is 1. The van der Waals surface area contributed by atoms with Crippen LogP contribution in [0.1, 0.15) is 19.3 Å². The zero-order valence-electron chi connectivity index (χ0n) is 15.0. The summed E-state index contributed by atoms with van der Waals surface area (Å²) in [5.41, 5.74) is 1.11. The van der Waals surface area contributed by atoms with Crippen LogP contribution in [0.4, 0.5) is 10.1 Å². The van der Waals surface area contributed by atoms with Crippen molar-refractivity contribution >= 4 is 12.1 Å². The standard InChI is InChI=1S/C19H29FN4O/c1-22(12-9-21-17-25)10-3-2-4-11-23-13-15-24(16-14-23)19-7-5-18(20)6-8-19/h5-9,12,17H,2-4,10-11,13-16H2,1H3,(H,21,25)/b12-9-. The third-order valence-corrected chi connectivity index (χ3v) is 4.54. The minimum Gasteiger partial charge on any atom is -0.379 e. The lowest BCUT2D eigenvalue weighted by Crippen LogP contribution is -2.46. The molecule has 1 amide bonds. The molecule has 6 heteroatoms. The molecule has 1 aliphatic rings. The minimum absolute atomic E-state index is 0.177. The van der Waals surface area contributed by atoms with Crippen LogP contribution in [0.5, 0.6) is 0 Å². The van der Waals surface area contributed by atoms with Gasteiger partial charge in [-0.25, -0.2) is 4.39 Å². The summed E-state index contributed by atoms with van der Waals surface area (Å²) in [5, 5.41) is 2.51. The summed E-state index contributed by atoms with van der Waals surface area (Å²) in [4.78, 5) is 17.1. The second-order valence-electron chi connectivity index (χ2n) is 6.45. The van der Waals surface area contributed by atoms with Crippen molar-refractivity contribution < 1.29 is 9.18 Å². The topological polar surface area (TPSA) is 38.8 Å². The van der Waals surface area contributed by atoms with Crippen LogP contribution >= 0.6 is 0 Å². The fourth-order valence-electron chi connectivity index (χ4n) is 3.04. The number of hydrogen-bond donors (Lipinski definition) is 1. The number of nitrogens with zero attached hydrogens (tertiary/aromatic N) is 3. The number of nitrogens with one attached hydrogen (secondary N) is 1. The van der Waals surface area contributed by atoms with E-state index < -0.39 is 0 Å². The Balaban J connectivity index is 1.55. The van der Waals surface area contributed by atoms with Gasteiger partial charge in [-0.05, 0) is 43.7 Å². The lowest BCUT2D eigenvalue weighted by molar-refractivity contribution is -0.108. The molecule has 0 spiro atoms. The summed E-state index contributed by atoms with van der Waals surface area (Å²) in [5.74, 6) is -0.177. The van der Waals surface area contributed by atoms with Gasteiger partial charge in [0.15, 0.2) is 0 Å². The molecule has 1 aromatic carbocycles. The van der Waals surface area contributed by atoms with E-state index in [2.05, 4.69) is 20.0 Å². The molecule has 25 heavy (non-hydrogen) atoms. The van der Waals surface area contributed by atoms with Gasteiger partial charge in [-0.1, -0.05) is 6.42 Å². The molecular formula is C19H29FN4O. The van der Waals surface area contributed by atoms with E-state index in [1.807, 2.05) is 25.4 Å². The van der Waals surface area contributed by atoms with Crippen molar-refractivity contribution in [2.45, 2.75) is 19.3 Å². The second kappa shape index (κ2) is 10.7. The van der Waals surface area contributed by atoms with Gasteiger partial charge < -0.3 is 15.1 Å². The Morgan fingerprint density at radius 2 is 1.84 bits per heavy atom. The van der Waals surface area contributed by atoms with Crippen LogP contribution in [0.2, 0.25) is 0 Å². The van der Waals surface area contributed by atoms with Gasteiger partial charge in [0.05, 0.1) is 0 Å². The molecule has 0 aliphatic carbocycles. The maximum atomic E-state index is 13.0. The lowest BCUT2D eigenvalue weighted by atomic mass is 10.2. The summed E-state index contributed by atoms with van der Waals surface area (Å²) < 4.78 is 13.0. The van der Waals surface area contributed by atoms with Crippen LogP contribution in [0.3, 0.4) is 0 Å². The predicted molar refractivity (Wildman–Crippen MR) is 99.9 cm³/mol. The molecule has 0 atom stereocenters. The molecule has 0 saturated carbocycles. The highest BCUT2D eigenvalue weighted by atomic mass is 19.1. The number of carbonyl (C=O) groups is 1. The zero-order chi connectivity index (χ0) is 17.9. The fraction of sp³-hybridized carbons (Fsp3) is 0.526. The summed E-state index contributed by atoms with van der Waals surface area (Å²) in [7, 11) is 2.01. The first-order valence-electron chi connectivity index (χ1n) is 8.98. The first kappa shape index (κ1) is 19.2. The average Bonchev–Trinajstić information content (AvgIpc) is 2.63. The summed E-state index contributed by atoms with van der Waals surface area (Å²) in [6.07, 6.45) is 7.76. The molecule has 0 radical (unpaired) electrons. The van der Waals surface area contributed by atoms with Crippen LogP contribution in [-0.4, -0.2) is 62.5 Å². The predicted octanol–water partition coefficient (Wildman–Crippen LogP) is 2.27. The van der Waals surface area contributed by atoms with Gasteiger partial charge in [-0.3, -0.25) is 9.69 Å². The van der Waals surface area contributed by atoms with E-state index in [1.54, 1.807) is 6.20 Å². The van der Waals surface area contributed by atoms with Crippen LogP contribution < -0.4 is 10.2 Å². The normalized spacial score (nSPS) is 15.5. The Kier molecular flexibility index (Phi) is 8.25. The van der Waals surface area contributed by atoms with Crippen LogP contribution in [0, 0.1) is 5.82 Å². The third-order valence-electron chi connectivity index (χ3n) is 4.54. The molecule has 1 fully saturated rings. The van der Waals surface area contributed by atoms with E-state index >= 15 is 0 Å². The molecule has 0 unspecified atom stereocenters. The van der Waals surface area contributed by atoms with Crippen molar-refractivity contribution in [1.29, 1.82) is 0 Å². The zero-order valence-corrected chi connectivity index (χ0v) is 15.0. The number of carbonyl (C=O) groups excluding carboxylic acids is 1. The van der Waals surface area contributed by atoms with Crippen molar-refractivity contribution in [3.8, 4) is 0 Å². The van der Waals surface area contributed by atoms with Crippen molar-refractivity contribution in [3.63, 3.8) is 0 Å². The Morgan fingerprint density at radius 3 is 2.52 bits per heavy atom. The molecule has 1 aromatic rings. The van der Waals surface area contributed by atoms with Crippen molar-refractivity contribution in [2.24, 2.45) is 0 Å². The van der Waals surface area contributed by atoms with E-state index in [-0.39, 0.29) is 5.82 Å². The molecule has 2 rings (SSSR count). The molecular weight excluding hydrogens is 319 g/mol. The number of anilines is 1. The van der Waals surface area contributed by atoms with E-state index in [1.165, 1.54) is 25.0 Å². The summed E-state index contributed by atoms with van der Waals surface area (Å²) in [6.45, 7) is 6.28. The molecule has 1 aliphatic heterocycles. The molecule has 0 bridgehead atoms. The number of unbranched alkanes of at least 4 members (excludes halogenated alkanes) is 2. The summed E-state index contributed by atoms with van der Waals surface area (Å²) in [6, 6.07) is 6.78. The van der Waals surface area contributed by atoms with Gasteiger partial charge in [-0.2, -0.15) is 0 Å². The minimum atomic E-state index is -0.177. The third kappa shape index (κ3) is 7.13. The van der Waals surface area contributed by atoms with Gasteiger partial charge in [0.2, 0.25) is 6.41 Å². The van der Waals surface area contributed by atoms with Gasteiger partial charge >= 0.3 is 0 Å². The van der Waals surface area contributed by atoms with Crippen LogP contribution in [0.25, 0.3) is 0 Å². The molecule has 0 aromatic heterocycles. The van der Waals surface area contributed by atoms with Crippen LogP contribution in [-0.2, 0) is 4.79 Å². The largest absolute Gasteiger partial charge is 0.379 e. The van der Waals surface area contributed by atoms with E-state index in [0.29, 0.717) is 6.41 Å². The Labute approximate surface area is 150 Å². The van der Waals surface area contributed by atoms with E-state index in [9.17, 15) is 9.18 Å². The van der Waals surface area contributed by atoms with Crippen molar-refractivity contribution in [1.82, 2.24) is 15.1 Å². The van der Waals surface area contributed by atoms with Crippen LogP contribution in [0.15, 0.2) is 36.7 Å². The number of benzene rings is 1. The Bertz CT molecular complexity index is 527. The van der Waals surface area contributed by atoms with E-state index in [4.69, 9.17) is 0 Å². The Hall–Kier alpha value is -2.08. The highest BCUT2D eigenvalue weighted by Crippen LogP contribution is 2.17. The SMILES string of the molecule is CN(/C=C\NC=O)CCCCCN1CCN(c2ccc(F)cc2)CC1. The smallest absolute Gasteiger partial charge is 0.211 e. The number of rotatable bonds is 10. The molecule has 1 N–H and O–H groups in total. The lowest BCUT2D eigenvalue weighted by Gasteiger charge is -2.36. The van der Waals surface area contributed by atoms with Gasteiger partial charge in [0.1, 0.15) is 5.82 Å². The Morgan fingerprint density at radius 1 is 1.12 bits per heavy atom. The van der Waals surface area contributed by atoms with Crippen molar-refractivity contribution in [2.75, 3.05) is 51.2 Å². The quantitative estimate of drug-likeness (QED) is 0.520. The van der Waals surface area contributed by atoms with Gasteiger partial charge in [0, 0.05) is 57.9 Å². The van der Waals surface area contributed by atoms with Gasteiger partial charge in [0.25, 0.3) is 0 Å². The van der Waals surface area contributed by atoms with Gasteiger partial charge in [-0.15, -0.1) is 0 Å². The molecule has 1 saturated heterocycles. The van der Waals surface area contributed by atoms with Crippen molar-refractivity contribution in [3.05, 3.63) is 42.5 Å².